The lowest BCUT2D eigenvalue weighted by Crippen LogP contribution is -2.43. The minimum atomic E-state index is -1.35. The Balaban J connectivity index is 1.29. The molecule has 0 bridgehead atoms. The number of nitrogens with two attached hydrogens (primary N) is 1. The monoisotopic (exact) mass is 348 g/mol. The molecule has 1 saturated carbocycles. The summed E-state index contributed by atoms with van der Waals surface area (Å²) in [7, 11) is 0. The Hall–Kier alpha value is -1.61. The summed E-state index contributed by atoms with van der Waals surface area (Å²) in [5, 5.41) is 9.33. The van der Waals surface area contributed by atoms with E-state index in [2.05, 4.69) is 10.1 Å². The number of aromatic nitrogens is 2. The normalized spacial score (nSPS) is 24.0. The Morgan fingerprint density at radius 2 is 2.08 bits per heavy atom. The second-order valence-corrected chi connectivity index (χ2v) is 7.60. The summed E-state index contributed by atoms with van der Waals surface area (Å²) < 4.78 is 24.1. The van der Waals surface area contributed by atoms with Gasteiger partial charge in [-0.1, -0.05) is 18.2 Å². The molecule has 1 aliphatic carbocycles. The lowest BCUT2D eigenvalue weighted by Gasteiger charge is -2.30. The van der Waals surface area contributed by atoms with Crippen molar-refractivity contribution in [3.63, 3.8) is 0 Å². The molecule has 2 aromatic rings. The zero-order valence-electron chi connectivity index (χ0n) is 13.3. The van der Waals surface area contributed by atoms with Gasteiger partial charge in [-0.15, -0.1) is 9.44 Å². The van der Waals surface area contributed by atoms with E-state index in [9.17, 15) is 4.55 Å². The molecule has 7 nitrogen and oxygen atoms in total. The molecule has 1 aliphatic heterocycles. The second kappa shape index (κ2) is 6.36. The standard InChI is InChI=1S/C16H20N4O3S/c17-24(21)20-8-6-16(7-9-20)10-13(16)11-22-15-18-14(23-19-15)12-4-2-1-3-5-12/h1-5,13H,6-11,17H2. The summed E-state index contributed by atoms with van der Waals surface area (Å²) in [6, 6.07) is 9.92. The number of hydrogen-bond acceptors (Lipinski definition) is 7. The van der Waals surface area contributed by atoms with Crippen LogP contribution in [0.3, 0.4) is 0 Å². The maximum atomic E-state index is 11.3. The highest BCUT2D eigenvalue weighted by Gasteiger charge is 2.56. The van der Waals surface area contributed by atoms with Gasteiger partial charge in [0.2, 0.25) is 0 Å². The number of nitrogens with zero attached hydrogens (tertiary/aromatic N) is 3. The van der Waals surface area contributed by atoms with E-state index in [0.717, 1.165) is 37.9 Å². The third-order valence-corrected chi connectivity index (χ3v) is 6.05. The highest BCUT2D eigenvalue weighted by molar-refractivity contribution is 7.86. The van der Waals surface area contributed by atoms with Crippen molar-refractivity contribution in [2.75, 3.05) is 19.7 Å². The van der Waals surface area contributed by atoms with Crippen molar-refractivity contribution in [3.8, 4) is 17.5 Å². The molecule has 2 N–H and O–H groups in total. The van der Waals surface area contributed by atoms with Gasteiger partial charge in [0.05, 0.1) is 6.61 Å². The van der Waals surface area contributed by atoms with E-state index in [1.165, 1.54) is 0 Å². The third kappa shape index (κ3) is 3.14. The largest absolute Gasteiger partial charge is 0.579 e. The van der Waals surface area contributed by atoms with Crippen LogP contribution in [0.5, 0.6) is 6.01 Å². The Morgan fingerprint density at radius 1 is 1.33 bits per heavy atom. The molecule has 2 heterocycles. The van der Waals surface area contributed by atoms with Gasteiger partial charge in [-0.25, -0.2) is 0 Å². The molecule has 1 saturated heterocycles. The molecule has 2 unspecified atom stereocenters. The first-order valence-electron chi connectivity index (χ1n) is 8.09. The van der Waals surface area contributed by atoms with Crippen molar-refractivity contribution in [2.45, 2.75) is 19.3 Å². The van der Waals surface area contributed by atoms with E-state index in [1.807, 2.05) is 34.6 Å². The number of rotatable bonds is 5. The molecule has 1 spiro atoms. The minimum absolute atomic E-state index is 0.288. The quantitative estimate of drug-likeness (QED) is 0.822. The van der Waals surface area contributed by atoms with Crippen molar-refractivity contribution in [1.82, 2.24) is 14.4 Å². The van der Waals surface area contributed by atoms with Crippen LogP contribution < -0.4 is 9.88 Å². The summed E-state index contributed by atoms with van der Waals surface area (Å²) in [4.78, 5) is 4.28. The predicted molar refractivity (Wildman–Crippen MR) is 88.9 cm³/mol. The molecule has 24 heavy (non-hydrogen) atoms. The van der Waals surface area contributed by atoms with Gasteiger partial charge in [-0.2, -0.15) is 4.98 Å². The van der Waals surface area contributed by atoms with Crippen LogP contribution in [0.1, 0.15) is 19.3 Å². The average molecular weight is 348 g/mol. The lowest BCUT2D eigenvalue weighted by atomic mass is 9.92. The van der Waals surface area contributed by atoms with Gasteiger partial charge in [0, 0.05) is 18.7 Å². The van der Waals surface area contributed by atoms with Crippen LogP contribution in [0.2, 0.25) is 0 Å². The van der Waals surface area contributed by atoms with Crippen LogP contribution in [0.4, 0.5) is 0 Å². The van der Waals surface area contributed by atoms with Crippen LogP contribution in [0, 0.1) is 11.3 Å². The number of benzene rings is 1. The second-order valence-electron chi connectivity index (χ2n) is 6.53. The van der Waals surface area contributed by atoms with Crippen molar-refractivity contribution < 1.29 is 13.8 Å². The van der Waals surface area contributed by atoms with Gasteiger partial charge in [-0.05, 0) is 47.9 Å². The van der Waals surface area contributed by atoms with E-state index < -0.39 is 11.5 Å². The van der Waals surface area contributed by atoms with Crippen LogP contribution in [-0.4, -0.2) is 38.7 Å². The fourth-order valence-corrected chi connectivity index (χ4v) is 4.08. The van der Waals surface area contributed by atoms with Crippen LogP contribution >= 0.6 is 0 Å². The van der Waals surface area contributed by atoms with Crippen molar-refractivity contribution in [3.05, 3.63) is 30.3 Å². The molecule has 1 aromatic heterocycles. The molecular formula is C16H20N4O3S. The first kappa shape index (κ1) is 15.9. The Morgan fingerprint density at radius 3 is 2.79 bits per heavy atom. The van der Waals surface area contributed by atoms with Crippen molar-refractivity contribution in [1.29, 1.82) is 0 Å². The van der Waals surface area contributed by atoms with Gasteiger partial charge >= 0.3 is 6.01 Å². The van der Waals surface area contributed by atoms with Crippen LogP contribution in [-0.2, 0) is 11.5 Å². The maximum absolute atomic E-state index is 11.3. The van der Waals surface area contributed by atoms with E-state index >= 15 is 0 Å². The molecule has 8 heteroatoms. The van der Waals surface area contributed by atoms with E-state index in [-0.39, 0.29) is 6.01 Å². The van der Waals surface area contributed by atoms with E-state index in [4.69, 9.17) is 14.4 Å². The Labute approximate surface area is 143 Å². The van der Waals surface area contributed by atoms with Crippen LogP contribution in [0.25, 0.3) is 11.5 Å². The maximum Gasteiger partial charge on any atom is 0.354 e. The smallest absolute Gasteiger partial charge is 0.354 e. The molecule has 0 amide bonds. The molecule has 128 valence electrons. The first-order valence-corrected chi connectivity index (χ1v) is 9.26. The van der Waals surface area contributed by atoms with Gasteiger partial charge in [0.15, 0.2) is 0 Å². The lowest BCUT2D eigenvalue weighted by molar-refractivity contribution is 0.198. The number of hydrogen-bond donors (Lipinski definition) is 1. The predicted octanol–water partition coefficient (Wildman–Crippen LogP) is 1.75. The summed E-state index contributed by atoms with van der Waals surface area (Å²) >= 11 is -1.35. The SMILES string of the molecule is N[S+]([O-])N1CCC2(CC1)CC2COc1noc(-c2ccccc2)n1. The molecule has 1 aromatic carbocycles. The number of ether oxygens (including phenoxy) is 1. The average Bonchev–Trinajstić information content (AvgIpc) is 3.06. The topological polar surface area (TPSA) is 100 Å². The van der Waals surface area contributed by atoms with Gasteiger partial charge < -0.3 is 13.8 Å². The third-order valence-electron chi connectivity index (χ3n) is 5.17. The number of piperidine rings is 1. The van der Waals surface area contributed by atoms with E-state index in [1.54, 1.807) is 0 Å². The Kier molecular flexibility index (Phi) is 4.21. The molecule has 0 radical (unpaired) electrons. The van der Waals surface area contributed by atoms with Gasteiger partial charge in [0.1, 0.15) is 11.5 Å². The zero-order valence-corrected chi connectivity index (χ0v) is 14.1. The fraction of sp³-hybridized carbons (Fsp3) is 0.500. The van der Waals surface area contributed by atoms with Crippen LogP contribution in [0.15, 0.2) is 34.9 Å². The summed E-state index contributed by atoms with van der Waals surface area (Å²) in [6.07, 6.45) is 3.18. The summed E-state index contributed by atoms with van der Waals surface area (Å²) in [5.41, 5.74) is 1.20. The molecule has 4 rings (SSSR count). The highest BCUT2D eigenvalue weighted by Crippen LogP contribution is 2.59. The van der Waals surface area contributed by atoms with Gasteiger partial charge in [0.25, 0.3) is 5.89 Å². The zero-order chi connectivity index (χ0) is 16.6. The molecule has 2 fully saturated rings. The van der Waals surface area contributed by atoms with Gasteiger partial charge in [-0.3, -0.25) is 0 Å². The molecule has 2 aliphatic rings. The fourth-order valence-electron chi connectivity index (χ4n) is 3.53. The first-order chi connectivity index (χ1) is 11.7. The highest BCUT2D eigenvalue weighted by atomic mass is 32.2. The Bertz CT molecular complexity index is 686. The summed E-state index contributed by atoms with van der Waals surface area (Å²) in [6.45, 7) is 2.18. The summed E-state index contributed by atoms with van der Waals surface area (Å²) in [5.74, 6) is 0.972. The molecule has 2 atom stereocenters. The molecular weight excluding hydrogens is 328 g/mol. The minimum Gasteiger partial charge on any atom is -0.579 e. The van der Waals surface area contributed by atoms with Crippen molar-refractivity contribution in [2.24, 2.45) is 16.5 Å². The van der Waals surface area contributed by atoms with Crippen molar-refractivity contribution >= 4 is 11.5 Å². The van der Waals surface area contributed by atoms with E-state index in [0.29, 0.717) is 23.8 Å².